The van der Waals surface area contributed by atoms with Crippen molar-refractivity contribution in [3.63, 3.8) is 0 Å². The summed E-state index contributed by atoms with van der Waals surface area (Å²) < 4.78 is 13.6. The molecule has 0 heterocycles. The fourth-order valence-electron chi connectivity index (χ4n) is 1.08. The Balaban J connectivity index is 3.52. The van der Waals surface area contributed by atoms with Crippen molar-refractivity contribution < 1.29 is 4.39 Å². The third kappa shape index (κ3) is 1.96. The lowest BCUT2D eigenvalue weighted by molar-refractivity contribution is 0.679. The van der Waals surface area contributed by atoms with Gasteiger partial charge < -0.3 is 0 Å². The highest BCUT2D eigenvalue weighted by Crippen LogP contribution is 2.31. The molecule has 16 heavy (non-hydrogen) atoms. The predicted octanol–water partition coefficient (Wildman–Crippen LogP) is 2.78. The summed E-state index contributed by atoms with van der Waals surface area (Å²) in [6, 6.07) is 0. The Morgan fingerprint density at radius 1 is 1.06 bits per heavy atom. The predicted molar refractivity (Wildman–Crippen MR) is 58.6 cm³/mol. The molecular weight excluding hydrogens is 254 g/mol. The molecule has 1 aliphatic rings. The van der Waals surface area contributed by atoms with Crippen LogP contribution in [0.15, 0.2) is 31.4 Å². The SMILES string of the molecule is CC1=C(Cl)C(=NC#N)C(Cl)=C(F)C1=NC#N. The van der Waals surface area contributed by atoms with Crippen LogP contribution in [0.1, 0.15) is 6.92 Å². The molecular formula is C9H3Cl2FN4. The van der Waals surface area contributed by atoms with Gasteiger partial charge in [-0.15, -0.1) is 0 Å². The average Bonchev–Trinajstić information content (AvgIpc) is 2.28. The van der Waals surface area contributed by atoms with Gasteiger partial charge >= 0.3 is 0 Å². The molecule has 1 aliphatic carbocycles. The smallest absolute Gasteiger partial charge is 0.203 e. The van der Waals surface area contributed by atoms with Crippen LogP contribution in [0.3, 0.4) is 0 Å². The van der Waals surface area contributed by atoms with Crippen LogP contribution in [0.4, 0.5) is 4.39 Å². The fourth-order valence-corrected chi connectivity index (χ4v) is 1.58. The highest BCUT2D eigenvalue weighted by Gasteiger charge is 2.28. The standard InChI is InChI=1S/C9H3Cl2FN4/c1-4-5(10)9(16-3-14)6(11)7(12)8(4)15-2-13/h1H3. The van der Waals surface area contributed by atoms with Gasteiger partial charge in [0.05, 0.1) is 5.03 Å². The minimum Gasteiger partial charge on any atom is -0.203 e. The van der Waals surface area contributed by atoms with Gasteiger partial charge in [0.1, 0.15) is 16.5 Å². The molecule has 4 nitrogen and oxygen atoms in total. The van der Waals surface area contributed by atoms with Gasteiger partial charge in [-0.05, 0) is 12.5 Å². The summed E-state index contributed by atoms with van der Waals surface area (Å²) in [5.41, 5.74) is -0.189. The number of nitrogens with zero attached hydrogens (tertiary/aromatic N) is 4. The van der Waals surface area contributed by atoms with Gasteiger partial charge in [-0.25, -0.2) is 4.39 Å². The van der Waals surface area contributed by atoms with Crippen molar-refractivity contribution in [2.24, 2.45) is 9.98 Å². The summed E-state index contributed by atoms with van der Waals surface area (Å²) in [6.07, 6.45) is 2.91. The van der Waals surface area contributed by atoms with Crippen LogP contribution in [0.2, 0.25) is 0 Å². The van der Waals surface area contributed by atoms with E-state index in [1.165, 1.54) is 19.3 Å². The number of aliphatic imine (C=N–C) groups is 2. The van der Waals surface area contributed by atoms with E-state index in [2.05, 4.69) is 9.98 Å². The first-order valence-electron chi connectivity index (χ1n) is 3.91. The Bertz CT molecular complexity index is 465. The lowest BCUT2D eigenvalue weighted by atomic mass is 10.0. The number of nitriles is 2. The number of allylic oxidation sites excluding steroid dienone is 4. The molecule has 0 aromatic rings. The molecule has 0 saturated carbocycles. The molecule has 0 aromatic carbocycles. The van der Waals surface area contributed by atoms with Crippen LogP contribution in [0.25, 0.3) is 0 Å². The van der Waals surface area contributed by atoms with Gasteiger partial charge in [0.2, 0.25) is 12.4 Å². The molecule has 0 fully saturated rings. The maximum absolute atomic E-state index is 13.6. The van der Waals surface area contributed by atoms with E-state index in [0.29, 0.717) is 0 Å². The van der Waals surface area contributed by atoms with Crippen molar-refractivity contribution in [2.75, 3.05) is 0 Å². The second-order valence-corrected chi connectivity index (χ2v) is 3.44. The number of halogens is 3. The van der Waals surface area contributed by atoms with Gasteiger partial charge in [-0.1, -0.05) is 23.2 Å². The van der Waals surface area contributed by atoms with E-state index in [0.717, 1.165) is 0 Å². The molecule has 0 aliphatic heterocycles. The van der Waals surface area contributed by atoms with Crippen molar-refractivity contribution in [2.45, 2.75) is 6.92 Å². The molecule has 1 rings (SSSR count). The minimum atomic E-state index is -0.917. The molecule has 0 spiro atoms. The summed E-state index contributed by atoms with van der Waals surface area (Å²) in [5.74, 6) is -0.917. The van der Waals surface area contributed by atoms with Gasteiger partial charge in [0.25, 0.3) is 0 Å². The zero-order valence-electron chi connectivity index (χ0n) is 7.92. The van der Waals surface area contributed by atoms with Crippen molar-refractivity contribution in [3.05, 3.63) is 21.5 Å². The zero-order valence-corrected chi connectivity index (χ0v) is 9.43. The van der Waals surface area contributed by atoms with Crippen LogP contribution in [0.5, 0.6) is 0 Å². The van der Waals surface area contributed by atoms with Crippen molar-refractivity contribution in [3.8, 4) is 12.4 Å². The van der Waals surface area contributed by atoms with Gasteiger partial charge in [-0.3, -0.25) is 0 Å². The van der Waals surface area contributed by atoms with E-state index in [-0.39, 0.29) is 22.0 Å². The monoisotopic (exact) mass is 256 g/mol. The van der Waals surface area contributed by atoms with Gasteiger partial charge in [-0.2, -0.15) is 20.5 Å². The maximum atomic E-state index is 13.6. The largest absolute Gasteiger partial charge is 0.206 e. The molecule has 0 unspecified atom stereocenters. The van der Waals surface area contributed by atoms with E-state index in [1.807, 2.05) is 0 Å². The van der Waals surface area contributed by atoms with E-state index >= 15 is 0 Å². The topological polar surface area (TPSA) is 72.3 Å². The molecule has 7 heteroatoms. The highest BCUT2D eigenvalue weighted by atomic mass is 35.5. The van der Waals surface area contributed by atoms with Crippen LogP contribution >= 0.6 is 23.2 Å². The first-order valence-corrected chi connectivity index (χ1v) is 4.66. The number of hydrogen-bond donors (Lipinski definition) is 0. The molecule has 0 saturated heterocycles. The van der Waals surface area contributed by atoms with Crippen molar-refractivity contribution in [1.82, 2.24) is 0 Å². The average molecular weight is 257 g/mol. The zero-order chi connectivity index (χ0) is 12.3. The van der Waals surface area contributed by atoms with E-state index in [4.69, 9.17) is 33.7 Å². The summed E-state index contributed by atoms with van der Waals surface area (Å²) in [5, 5.41) is 16.3. The Kier molecular flexibility index (Phi) is 3.78. The maximum Gasteiger partial charge on any atom is 0.206 e. The van der Waals surface area contributed by atoms with Gasteiger partial charge in [0, 0.05) is 0 Å². The summed E-state index contributed by atoms with van der Waals surface area (Å²) in [4.78, 5) is 6.57. The first kappa shape index (κ1) is 12.4. The van der Waals surface area contributed by atoms with Crippen LogP contribution < -0.4 is 0 Å². The lowest BCUT2D eigenvalue weighted by Crippen LogP contribution is -2.17. The summed E-state index contributed by atoms with van der Waals surface area (Å²) in [6.45, 7) is 1.45. The number of hydrogen-bond acceptors (Lipinski definition) is 4. The lowest BCUT2D eigenvalue weighted by Gasteiger charge is -2.14. The van der Waals surface area contributed by atoms with Crippen molar-refractivity contribution in [1.29, 1.82) is 10.5 Å². The molecule has 0 bridgehead atoms. The number of rotatable bonds is 0. The van der Waals surface area contributed by atoms with E-state index in [1.54, 1.807) is 0 Å². The normalized spacial score (nSPS) is 21.4. The molecule has 0 amide bonds. The van der Waals surface area contributed by atoms with Crippen molar-refractivity contribution >= 4 is 34.6 Å². The summed E-state index contributed by atoms with van der Waals surface area (Å²) >= 11 is 11.4. The Hall–Kier alpha value is -1.69. The third-order valence-electron chi connectivity index (χ3n) is 1.82. The first-order chi connectivity index (χ1) is 7.54. The quantitative estimate of drug-likeness (QED) is 0.494. The molecule has 0 N–H and O–H groups in total. The third-order valence-corrected chi connectivity index (χ3v) is 2.63. The van der Waals surface area contributed by atoms with Crippen LogP contribution in [-0.4, -0.2) is 11.4 Å². The highest BCUT2D eigenvalue weighted by molar-refractivity contribution is 6.59. The molecule has 0 atom stereocenters. The van der Waals surface area contributed by atoms with Crippen LogP contribution in [0, 0.1) is 22.9 Å². The fraction of sp³-hybridized carbons (Fsp3) is 0.111. The van der Waals surface area contributed by atoms with E-state index in [9.17, 15) is 4.39 Å². The van der Waals surface area contributed by atoms with Gasteiger partial charge in [0.15, 0.2) is 5.83 Å². The molecule has 0 aromatic heterocycles. The Morgan fingerprint density at radius 2 is 1.56 bits per heavy atom. The second-order valence-electron chi connectivity index (χ2n) is 2.69. The Morgan fingerprint density at radius 3 is 2.06 bits per heavy atom. The minimum absolute atomic E-state index is 0.00181. The molecule has 0 radical (unpaired) electrons. The Labute approximate surface area is 101 Å². The van der Waals surface area contributed by atoms with E-state index < -0.39 is 10.9 Å². The molecule has 80 valence electrons. The van der Waals surface area contributed by atoms with Crippen LogP contribution in [-0.2, 0) is 0 Å². The second kappa shape index (κ2) is 4.89. The summed E-state index contributed by atoms with van der Waals surface area (Å²) in [7, 11) is 0.